The Balaban J connectivity index is 1.56. The number of fused-ring (bicyclic) bond motifs is 1. The maximum atomic E-state index is 13.3. The summed E-state index contributed by atoms with van der Waals surface area (Å²) in [6.07, 6.45) is 2.95. The Kier molecular flexibility index (Phi) is 6.08. The zero-order valence-corrected chi connectivity index (χ0v) is 18.4. The molecule has 1 saturated heterocycles. The summed E-state index contributed by atoms with van der Waals surface area (Å²) < 4.78 is 0. The number of para-hydroxylation sites is 1. The van der Waals surface area contributed by atoms with Crippen molar-refractivity contribution in [2.24, 2.45) is 0 Å². The molecule has 0 saturated carbocycles. The highest BCUT2D eigenvalue weighted by atomic mass is 16.2. The molecule has 166 valence electrons. The molecule has 0 aromatic heterocycles. The number of benzene rings is 2. The smallest absolute Gasteiger partial charge is 0.262 e. The molecule has 0 bridgehead atoms. The minimum absolute atomic E-state index is 0.107. The summed E-state index contributed by atoms with van der Waals surface area (Å²) in [5.41, 5.74) is 1.15. The van der Waals surface area contributed by atoms with E-state index in [0.29, 0.717) is 16.8 Å². The van der Waals surface area contributed by atoms with Crippen LogP contribution in [0.5, 0.6) is 0 Å². The number of amides is 4. The Hall–Kier alpha value is -3.48. The summed E-state index contributed by atoms with van der Waals surface area (Å²) in [4.78, 5) is 56.2. The fraction of sp³-hybridized carbons (Fsp3) is 0.360. The molecule has 0 radical (unpaired) electrons. The zero-order chi connectivity index (χ0) is 22.8. The van der Waals surface area contributed by atoms with E-state index in [2.05, 4.69) is 0 Å². The average molecular weight is 434 g/mol. The van der Waals surface area contributed by atoms with Crippen LogP contribution in [0.4, 0.5) is 5.69 Å². The number of piperidine rings is 1. The lowest BCUT2D eigenvalue weighted by atomic mass is 9.97. The van der Waals surface area contributed by atoms with Crippen molar-refractivity contribution in [2.75, 3.05) is 18.0 Å². The van der Waals surface area contributed by atoms with Crippen molar-refractivity contribution >= 4 is 29.3 Å². The molecule has 0 spiro atoms. The van der Waals surface area contributed by atoms with Gasteiger partial charge in [0.2, 0.25) is 11.8 Å². The number of hydrogen-bond acceptors (Lipinski definition) is 4. The van der Waals surface area contributed by atoms with E-state index in [1.807, 2.05) is 24.8 Å². The van der Waals surface area contributed by atoms with Gasteiger partial charge in [0, 0.05) is 17.8 Å². The molecule has 0 aliphatic carbocycles. The van der Waals surface area contributed by atoms with Crippen molar-refractivity contribution in [1.82, 2.24) is 9.80 Å². The first-order chi connectivity index (χ1) is 15.4. The Morgan fingerprint density at radius 2 is 1.41 bits per heavy atom. The van der Waals surface area contributed by atoms with Gasteiger partial charge in [-0.05, 0) is 57.4 Å². The highest BCUT2D eigenvalue weighted by Crippen LogP contribution is 2.25. The maximum absolute atomic E-state index is 13.3. The third kappa shape index (κ3) is 4.02. The van der Waals surface area contributed by atoms with Crippen molar-refractivity contribution in [1.29, 1.82) is 0 Å². The number of nitrogens with zero attached hydrogens (tertiary/aromatic N) is 3. The van der Waals surface area contributed by atoms with Crippen molar-refractivity contribution in [3.05, 3.63) is 65.7 Å². The van der Waals surface area contributed by atoms with Crippen LogP contribution in [0, 0.1) is 0 Å². The first kappa shape index (κ1) is 21.7. The van der Waals surface area contributed by atoms with Gasteiger partial charge >= 0.3 is 0 Å². The summed E-state index contributed by atoms with van der Waals surface area (Å²) >= 11 is 0. The van der Waals surface area contributed by atoms with Crippen molar-refractivity contribution in [3.63, 3.8) is 0 Å². The van der Waals surface area contributed by atoms with Crippen molar-refractivity contribution in [2.45, 2.75) is 45.2 Å². The predicted molar refractivity (Wildman–Crippen MR) is 120 cm³/mol. The second-order valence-electron chi connectivity index (χ2n) is 8.49. The lowest BCUT2D eigenvalue weighted by Gasteiger charge is -2.40. The third-order valence-electron chi connectivity index (χ3n) is 6.32. The van der Waals surface area contributed by atoms with Crippen LogP contribution >= 0.6 is 0 Å². The topological polar surface area (TPSA) is 78.0 Å². The van der Waals surface area contributed by atoms with E-state index in [4.69, 9.17) is 0 Å². The van der Waals surface area contributed by atoms with Crippen molar-refractivity contribution < 1.29 is 19.2 Å². The van der Waals surface area contributed by atoms with Crippen LogP contribution < -0.4 is 4.90 Å². The van der Waals surface area contributed by atoms with Gasteiger partial charge in [0.05, 0.1) is 11.1 Å². The third-order valence-corrected chi connectivity index (χ3v) is 6.32. The lowest BCUT2D eigenvalue weighted by molar-refractivity contribution is -0.136. The molecule has 2 aliphatic rings. The van der Waals surface area contributed by atoms with E-state index in [-0.39, 0.29) is 24.5 Å². The molecule has 4 amide bonds. The standard InChI is InChI=1S/C25H27N3O4/c1-17-9-8-10-18(2)28(17)23(30)16-26(19-11-4-3-5-12-19)22(29)15-27-24(31)20-13-6-7-14-21(20)25(27)32/h3-7,11-14,17-18H,8-10,15-16H2,1-2H3/t17-,18+. The number of rotatable bonds is 5. The summed E-state index contributed by atoms with van der Waals surface area (Å²) in [7, 11) is 0. The fourth-order valence-electron chi connectivity index (χ4n) is 4.66. The zero-order valence-electron chi connectivity index (χ0n) is 18.4. The molecule has 0 N–H and O–H groups in total. The Morgan fingerprint density at radius 3 is 1.97 bits per heavy atom. The second-order valence-corrected chi connectivity index (χ2v) is 8.49. The molecular weight excluding hydrogens is 406 g/mol. The average Bonchev–Trinajstić information content (AvgIpc) is 3.03. The number of carbonyl (C=O) groups is 4. The van der Waals surface area contributed by atoms with Crippen LogP contribution in [0.25, 0.3) is 0 Å². The normalized spacial score (nSPS) is 20.3. The molecule has 1 fully saturated rings. The molecule has 0 unspecified atom stereocenters. The SMILES string of the molecule is C[C@@H]1CCC[C@H](C)N1C(=O)CN(C(=O)CN1C(=O)c2ccccc2C1=O)c1ccccc1. The van der Waals surface area contributed by atoms with Crippen LogP contribution in [-0.2, 0) is 9.59 Å². The van der Waals surface area contributed by atoms with Gasteiger partial charge in [-0.2, -0.15) is 0 Å². The molecule has 2 aromatic carbocycles. The van der Waals surface area contributed by atoms with Crippen LogP contribution in [0.2, 0.25) is 0 Å². The lowest BCUT2D eigenvalue weighted by Crippen LogP contribution is -2.53. The van der Waals surface area contributed by atoms with E-state index in [1.54, 1.807) is 48.5 Å². The van der Waals surface area contributed by atoms with Gasteiger partial charge in [-0.25, -0.2) is 0 Å². The first-order valence-corrected chi connectivity index (χ1v) is 11.0. The van der Waals surface area contributed by atoms with Gasteiger partial charge in [-0.1, -0.05) is 30.3 Å². The van der Waals surface area contributed by atoms with Gasteiger partial charge in [0.15, 0.2) is 0 Å². The first-order valence-electron chi connectivity index (χ1n) is 11.0. The van der Waals surface area contributed by atoms with Gasteiger partial charge in [0.1, 0.15) is 13.1 Å². The summed E-state index contributed by atoms with van der Waals surface area (Å²) in [6.45, 7) is 3.50. The molecule has 7 heteroatoms. The number of imide groups is 1. The fourth-order valence-corrected chi connectivity index (χ4v) is 4.66. The molecule has 32 heavy (non-hydrogen) atoms. The molecule has 2 aromatic rings. The molecule has 2 aliphatic heterocycles. The quantitative estimate of drug-likeness (QED) is 0.679. The van der Waals surface area contributed by atoms with Crippen LogP contribution in [0.1, 0.15) is 53.8 Å². The Labute approximate surface area is 187 Å². The number of carbonyl (C=O) groups excluding carboxylic acids is 4. The monoisotopic (exact) mass is 433 g/mol. The van der Waals surface area contributed by atoms with Gasteiger partial charge in [0.25, 0.3) is 11.8 Å². The number of hydrogen-bond donors (Lipinski definition) is 0. The number of likely N-dealkylation sites (tertiary alicyclic amines) is 1. The van der Waals surface area contributed by atoms with Gasteiger partial charge in [-0.3, -0.25) is 24.1 Å². The Morgan fingerprint density at radius 1 is 0.875 bits per heavy atom. The van der Waals surface area contributed by atoms with E-state index in [1.165, 1.54) is 4.90 Å². The van der Waals surface area contributed by atoms with E-state index in [9.17, 15) is 19.2 Å². The number of anilines is 1. The molecule has 2 atom stereocenters. The summed E-state index contributed by atoms with van der Waals surface area (Å²) in [5, 5.41) is 0. The minimum atomic E-state index is -0.489. The van der Waals surface area contributed by atoms with Crippen LogP contribution in [-0.4, -0.2) is 58.6 Å². The maximum Gasteiger partial charge on any atom is 0.262 e. The highest BCUT2D eigenvalue weighted by molar-refractivity contribution is 6.22. The van der Waals surface area contributed by atoms with E-state index in [0.717, 1.165) is 24.2 Å². The largest absolute Gasteiger partial charge is 0.336 e. The van der Waals surface area contributed by atoms with Crippen molar-refractivity contribution in [3.8, 4) is 0 Å². The summed E-state index contributed by atoms with van der Waals surface area (Å²) in [5.74, 6) is -1.59. The molecule has 7 nitrogen and oxygen atoms in total. The highest BCUT2D eigenvalue weighted by Gasteiger charge is 2.38. The van der Waals surface area contributed by atoms with Crippen LogP contribution in [0.15, 0.2) is 54.6 Å². The van der Waals surface area contributed by atoms with Gasteiger partial charge < -0.3 is 9.80 Å². The van der Waals surface area contributed by atoms with E-state index < -0.39 is 24.3 Å². The second kappa shape index (κ2) is 8.94. The molecule has 4 rings (SSSR count). The van der Waals surface area contributed by atoms with E-state index >= 15 is 0 Å². The van der Waals surface area contributed by atoms with Gasteiger partial charge in [-0.15, -0.1) is 0 Å². The predicted octanol–water partition coefficient (Wildman–Crippen LogP) is 3.11. The Bertz CT molecular complexity index is 1010. The summed E-state index contributed by atoms with van der Waals surface area (Å²) in [6, 6.07) is 15.6. The minimum Gasteiger partial charge on any atom is -0.336 e. The molecule has 2 heterocycles. The van der Waals surface area contributed by atoms with Crippen LogP contribution in [0.3, 0.4) is 0 Å². The molecular formula is C25H27N3O4.